The molecule has 3 aromatic rings. The second-order valence-electron chi connectivity index (χ2n) is 9.93. The Balaban J connectivity index is 1.55. The van der Waals surface area contributed by atoms with E-state index < -0.39 is 0 Å². The highest BCUT2D eigenvalue weighted by molar-refractivity contribution is 5.94. The molecule has 0 saturated carbocycles. The Hall–Kier alpha value is -2.73. The van der Waals surface area contributed by atoms with Gasteiger partial charge in [-0.1, -0.05) is 57.5 Å². The first kappa shape index (κ1) is 22.5. The Labute approximate surface area is 191 Å². The summed E-state index contributed by atoms with van der Waals surface area (Å²) in [6.45, 7) is 11.5. The zero-order valence-corrected chi connectivity index (χ0v) is 19.8. The van der Waals surface area contributed by atoms with Gasteiger partial charge in [0.1, 0.15) is 5.69 Å². The molecule has 6 heteroatoms. The lowest BCUT2D eigenvalue weighted by Crippen LogP contribution is -2.39. The molecule has 1 aliphatic heterocycles. The SMILES string of the molecule is CC1CCCCN1CCCNC(=O)c1cc(-c2ccccc2)nc2cc(C(C)(C)C)nn12. The van der Waals surface area contributed by atoms with E-state index in [1.807, 2.05) is 42.5 Å². The van der Waals surface area contributed by atoms with Crippen LogP contribution in [-0.2, 0) is 5.41 Å². The predicted molar refractivity (Wildman–Crippen MR) is 129 cm³/mol. The Morgan fingerprint density at radius 3 is 2.66 bits per heavy atom. The van der Waals surface area contributed by atoms with Crippen molar-refractivity contribution in [1.82, 2.24) is 24.8 Å². The van der Waals surface area contributed by atoms with Crippen molar-refractivity contribution in [3.63, 3.8) is 0 Å². The van der Waals surface area contributed by atoms with Crippen LogP contribution in [0.3, 0.4) is 0 Å². The van der Waals surface area contributed by atoms with Crippen molar-refractivity contribution in [3.05, 3.63) is 53.9 Å². The molecule has 1 amide bonds. The molecule has 1 unspecified atom stereocenters. The number of hydrogen-bond acceptors (Lipinski definition) is 4. The van der Waals surface area contributed by atoms with Gasteiger partial charge in [-0.2, -0.15) is 5.10 Å². The van der Waals surface area contributed by atoms with Gasteiger partial charge in [0.15, 0.2) is 5.65 Å². The summed E-state index contributed by atoms with van der Waals surface area (Å²) < 4.78 is 1.69. The van der Waals surface area contributed by atoms with Gasteiger partial charge in [0.25, 0.3) is 5.91 Å². The summed E-state index contributed by atoms with van der Waals surface area (Å²) >= 11 is 0. The number of amides is 1. The second kappa shape index (κ2) is 9.41. The van der Waals surface area contributed by atoms with Crippen LogP contribution < -0.4 is 5.32 Å². The topological polar surface area (TPSA) is 62.5 Å². The van der Waals surface area contributed by atoms with Crippen molar-refractivity contribution in [3.8, 4) is 11.3 Å². The minimum Gasteiger partial charge on any atom is -0.351 e. The molecule has 1 aromatic carbocycles. The summed E-state index contributed by atoms with van der Waals surface area (Å²) in [5, 5.41) is 7.85. The van der Waals surface area contributed by atoms with E-state index in [-0.39, 0.29) is 11.3 Å². The van der Waals surface area contributed by atoms with E-state index in [0.717, 1.165) is 29.9 Å². The third kappa shape index (κ3) is 5.01. The van der Waals surface area contributed by atoms with Gasteiger partial charge in [-0.3, -0.25) is 4.79 Å². The number of carbonyl (C=O) groups is 1. The molecule has 4 rings (SSSR count). The maximum absolute atomic E-state index is 13.2. The number of nitrogens with one attached hydrogen (secondary N) is 1. The normalized spacial score (nSPS) is 17.6. The molecule has 170 valence electrons. The molecule has 1 fully saturated rings. The number of aromatic nitrogens is 3. The lowest BCUT2D eigenvalue weighted by atomic mass is 9.93. The van der Waals surface area contributed by atoms with Crippen LogP contribution in [-0.4, -0.2) is 51.1 Å². The summed E-state index contributed by atoms with van der Waals surface area (Å²) in [6, 6.07) is 14.5. The summed E-state index contributed by atoms with van der Waals surface area (Å²) in [5.41, 5.74) is 3.79. The molecule has 1 aliphatic rings. The van der Waals surface area contributed by atoms with Gasteiger partial charge < -0.3 is 10.2 Å². The fraction of sp³-hybridized carbons (Fsp3) is 0.500. The van der Waals surface area contributed by atoms with E-state index in [9.17, 15) is 4.79 Å². The Kier molecular flexibility index (Phi) is 6.60. The predicted octanol–water partition coefficient (Wildman–Crippen LogP) is 4.69. The van der Waals surface area contributed by atoms with Gasteiger partial charge in [-0.05, 0) is 38.8 Å². The first-order valence-corrected chi connectivity index (χ1v) is 11.8. The number of carbonyl (C=O) groups excluding carboxylic acids is 1. The van der Waals surface area contributed by atoms with Crippen molar-refractivity contribution >= 4 is 11.6 Å². The van der Waals surface area contributed by atoms with Crippen LogP contribution in [0.4, 0.5) is 0 Å². The number of likely N-dealkylation sites (tertiary alicyclic amines) is 1. The molecule has 1 N–H and O–H groups in total. The van der Waals surface area contributed by atoms with Crippen molar-refractivity contribution < 1.29 is 4.79 Å². The van der Waals surface area contributed by atoms with Gasteiger partial charge in [-0.25, -0.2) is 9.50 Å². The highest BCUT2D eigenvalue weighted by atomic mass is 16.2. The van der Waals surface area contributed by atoms with Gasteiger partial charge in [-0.15, -0.1) is 0 Å². The Bertz CT molecular complexity index is 1070. The fourth-order valence-corrected chi connectivity index (χ4v) is 4.32. The Morgan fingerprint density at radius 2 is 1.94 bits per heavy atom. The third-order valence-corrected chi connectivity index (χ3v) is 6.35. The molecule has 32 heavy (non-hydrogen) atoms. The zero-order chi connectivity index (χ0) is 22.7. The minimum absolute atomic E-state index is 0.107. The van der Waals surface area contributed by atoms with Gasteiger partial charge in [0.05, 0.1) is 11.4 Å². The summed E-state index contributed by atoms with van der Waals surface area (Å²) in [7, 11) is 0. The molecule has 3 heterocycles. The molecule has 0 bridgehead atoms. The number of piperidine rings is 1. The van der Waals surface area contributed by atoms with Crippen molar-refractivity contribution in [2.75, 3.05) is 19.6 Å². The van der Waals surface area contributed by atoms with E-state index >= 15 is 0 Å². The number of rotatable bonds is 6. The highest BCUT2D eigenvalue weighted by Crippen LogP contribution is 2.25. The zero-order valence-electron chi connectivity index (χ0n) is 19.8. The lowest BCUT2D eigenvalue weighted by Gasteiger charge is -2.33. The van der Waals surface area contributed by atoms with Gasteiger partial charge >= 0.3 is 0 Å². The number of hydrogen-bond donors (Lipinski definition) is 1. The maximum Gasteiger partial charge on any atom is 0.270 e. The Morgan fingerprint density at radius 1 is 1.16 bits per heavy atom. The molecule has 0 spiro atoms. The summed E-state index contributed by atoms with van der Waals surface area (Å²) in [4.78, 5) is 20.5. The number of benzene rings is 1. The molecular weight excluding hydrogens is 398 g/mol. The first-order valence-electron chi connectivity index (χ1n) is 11.8. The molecular formula is C26H35N5O. The molecule has 2 aromatic heterocycles. The highest BCUT2D eigenvalue weighted by Gasteiger charge is 2.22. The average Bonchev–Trinajstić information content (AvgIpc) is 3.22. The van der Waals surface area contributed by atoms with Gasteiger partial charge in [0.2, 0.25) is 0 Å². The van der Waals surface area contributed by atoms with Crippen molar-refractivity contribution in [2.24, 2.45) is 0 Å². The number of fused-ring (bicyclic) bond motifs is 1. The van der Waals surface area contributed by atoms with Crippen LogP contribution in [0.5, 0.6) is 0 Å². The molecule has 0 aliphatic carbocycles. The minimum atomic E-state index is -0.126. The van der Waals surface area contributed by atoms with E-state index in [4.69, 9.17) is 10.1 Å². The van der Waals surface area contributed by atoms with Crippen LogP contribution in [0.2, 0.25) is 0 Å². The number of nitrogens with zero attached hydrogens (tertiary/aromatic N) is 4. The van der Waals surface area contributed by atoms with E-state index in [1.54, 1.807) is 4.52 Å². The van der Waals surface area contributed by atoms with Gasteiger partial charge in [0, 0.05) is 36.2 Å². The molecule has 0 radical (unpaired) electrons. The largest absolute Gasteiger partial charge is 0.351 e. The summed E-state index contributed by atoms with van der Waals surface area (Å²) in [6.07, 6.45) is 4.83. The van der Waals surface area contributed by atoms with E-state index in [2.05, 4.69) is 37.9 Å². The molecule has 1 saturated heterocycles. The second-order valence-corrected chi connectivity index (χ2v) is 9.93. The van der Waals surface area contributed by atoms with Crippen LogP contribution in [0.15, 0.2) is 42.5 Å². The standard InChI is InChI=1S/C26H35N5O/c1-19-11-8-9-15-30(19)16-10-14-27-25(32)22-17-21(20-12-6-5-7-13-20)28-24-18-23(26(2,3)4)29-31(22)24/h5-7,12-13,17-19H,8-11,14-16H2,1-4H3,(H,27,32). The summed E-state index contributed by atoms with van der Waals surface area (Å²) in [5.74, 6) is -0.107. The monoisotopic (exact) mass is 433 g/mol. The quantitative estimate of drug-likeness (QED) is 0.573. The maximum atomic E-state index is 13.2. The molecule has 1 atom stereocenters. The van der Waals surface area contributed by atoms with Crippen LogP contribution in [0, 0.1) is 0 Å². The van der Waals surface area contributed by atoms with E-state index in [0.29, 0.717) is 23.9 Å². The van der Waals surface area contributed by atoms with Crippen molar-refractivity contribution in [2.45, 2.75) is 64.8 Å². The van der Waals surface area contributed by atoms with E-state index in [1.165, 1.54) is 25.8 Å². The lowest BCUT2D eigenvalue weighted by molar-refractivity contribution is 0.0941. The smallest absolute Gasteiger partial charge is 0.270 e. The fourth-order valence-electron chi connectivity index (χ4n) is 4.32. The third-order valence-electron chi connectivity index (χ3n) is 6.35. The van der Waals surface area contributed by atoms with Crippen LogP contribution in [0.25, 0.3) is 16.9 Å². The average molecular weight is 434 g/mol. The van der Waals surface area contributed by atoms with Crippen molar-refractivity contribution in [1.29, 1.82) is 0 Å². The van der Waals surface area contributed by atoms with Crippen LogP contribution in [0.1, 0.15) is 69.6 Å². The van der Waals surface area contributed by atoms with Crippen LogP contribution >= 0.6 is 0 Å². The molecule has 6 nitrogen and oxygen atoms in total. The first-order chi connectivity index (χ1) is 15.3.